The summed E-state index contributed by atoms with van der Waals surface area (Å²) in [6.45, 7) is 4.16. The molecule has 1 unspecified atom stereocenters. The Morgan fingerprint density at radius 2 is 1.75 bits per heavy atom. The SMILES string of the molecule is CC(C)c1ccc(C(NC(=O)c2ccc3c(c2)nc(-c2ccoc2)n3C2CCCCC2)C(=O)O)cc1. The maximum absolute atomic E-state index is 13.1. The third-order valence-corrected chi connectivity index (χ3v) is 7.13. The van der Waals surface area contributed by atoms with E-state index in [9.17, 15) is 14.7 Å². The van der Waals surface area contributed by atoms with Crippen LogP contribution >= 0.6 is 0 Å². The van der Waals surface area contributed by atoms with Gasteiger partial charge in [-0.2, -0.15) is 0 Å². The van der Waals surface area contributed by atoms with E-state index in [-0.39, 0.29) is 0 Å². The second-order valence-corrected chi connectivity index (χ2v) is 9.88. The first-order valence-electron chi connectivity index (χ1n) is 12.6. The number of carboxylic acid groups (broad SMARTS) is 1. The Morgan fingerprint density at radius 1 is 1.03 bits per heavy atom. The van der Waals surface area contributed by atoms with Crippen LogP contribution in [0.2, 0.25) is 0 Å². The largest absolute Gasteiger partial charge is 0.479 e. The molecule has 0 radical (unpaired) electrons. The summed E-state index contributed by atoms with van der Waals surface area (Å²) in [6.07, 6.45) is 9.13. The molecule has 1 fully saturated rings. The topological polar surface area (TPSA) is 97.4 Å². The number of furan rings is 1. The predicted octanol–water partition coefficient (Wildman–Crippen LogP) is 6.48. The summed E-state index contributed by atoms with van der Waals surface area (Å²) < 4.78 is 7.60. The molecule has 2 N–H and O–H groups in total. The van der Waals surface area contributed by atoms with Gasteiger partial charge in [-0.3, -0.25) is 4.79 Å². The number of rotatable bonds is 7. The van der Waals surface area contributed by atoms with Crippen LogP contribution in [0.4, 0.5) is 0 Å². The average Bonchev–Trinajstić information content (AvgIpc) is 3.55. The summed E-state index contributed by atoms with van der Waals surface area (Å²) in [5.41, 5.74) is 4.59. The van der Waals surface area contributed by atoms with E-state index in [0.717, 1.165) is 35.3 Å². The number of fused-ring (bicyclic) bond motifs is 1. The smallest absolute Gasteiger partial charge is 0.330 e. The molecule has 1 saturated carbocycles. The second-order valence-electron chi connectivity index (χ2n) is 9.88. The Morgan fingerprint density at radius 3 is 2.39 bits per heavy atom. The fourth-order valence-electron chi connectivity index (χ4n) is 5.12. The number of hydrogen-bond donors (Lipinski definition) is 2. The molecule has 7 heteroatoms. The Kier molecular flexibility index (Phi) is 6.63. The average molecular weight is 486 g/mol. The zero-order valence-corrected chi connectivity index (χ0v) is 20.6. The van der Waals surface area contributed by atoms with E-state index < -0.39 is 17.9 Å². The number of benzene rings is 2. The lowest BCUT2D eigenvalue weighted by molar-refractivity contribution is -0.139. The maximum atomic E-state index is 13.1. The van der Waals surface area contributed by atoms with Crippen molar-refractivity contribution >= 4 is 22.9 Å². The van der Waals surface area contributed by atoms with E-state index in [1.165, 1.54) is 19.3 Å². The molecule has 36 heavy (non-hydrogen) atoms. The molecule has 5 rings (SSSR count). The Labute approximate surface area is 210 Å². The normalized spacial score (nSPS) is 15.3. The van der Waals surface area contributed by atoms with E-state index in [0.29, 0.717) is 28.6 Å². The van der Waals surface area contributed by atoms with Crippen LogP contribution in [0.3, 0.4) is 0 Å². The minimum Gasteiger partial charge on any atom is -0.479 e. The summed E-state index contributed by atoms with van der Waals surface area (Å²) >= 11 is 0. The van der Waals surface area contributed by atoms with Crippen molar-refractivity contribution < 1.29 is 19.1 Å². The third-order valence-electron chi connectivity index (χ3n) is 7.13. The highest BCUT2D eigenvalue weighted by molar-refractivity contribution is 5.99. The number of aliphatic carboxylic acids is 1. The van der Waals surface area contributed by atoms with Crippen molar-refractivity contribution in [1.29, 1.82) is 0 Å². The fourth-order valence-corrected chi connectivity index (χ4v) is 5.12. The molecule has 0 aliphatic heterocycles. The number of hydrogen-bond acceptors (Lipinski definition) is 4. The number of nitrogens with one attached hydrogen (secondary N) is 1. The van der Waals surface area contributed by atoms with Gasteiger partial charge in [0.25, 0.3) is 5.91 Å². The highest BCUT2D eigenvalue weighted by atomic mass is 16.4. The number of amides is 1. The van der Waals surface area contributed by atoms with Gasteiger partial charge in [0.15, 0.2) is 6.04 Å². The third kappa shape index (κ3) is 4.65. The molecule has 1 amide bonds. The molecule has 2 aromatic heterocycles. The number of carbonyl (C=O) groups excluding carboxylic acids is 1. The van der Waals surface area contributed by atoms with Gasteiger partial charge < -0.3 is 19.4 Å². The van der Waals surface area contributed by atoms with Gasteiger partial charge in [0.1, 0.15) is 12.1 Å². The van der Waals surface area contributed by atoms with Crippen molar-refractivity contribution in [3.8, 4) is 11.4 Å². The molecule has 2 aromatic carbocycles. The van der Waals surface area contributed by atoms with Crippen LogP contribution in [0.5, 0.6) is 0 Å². The molecule has 0 bridgehead atoms. The number of aromatic nitrogens is 2. The van der Waals surface area contributed by atoms with Gasteiger partial charge in [-0.05, 0) is 54.2 Å². The van der Waals surface area contributed by atoms with Gasteiger partial charge in [-0.15, -0.1) is 0 Å². The van der Waals surface area contributed by atoms with Crippen molar-refractivity contribution in [2.75, 3.05) is 0 Å². The molecule has 0 spiro atoms. The zero-order valence-electron chi connectivity index (χ0n) is 20.6. The maximum Gasteiger partial charge on any atom is 0.330 e. The highest BCUT2D eigenvalue weighted by Gasteiger charge is 2.25. The van der Waals surface area contributed by atoms with Crippen molar-refractivity contribution in [1.82, 2.24) is 14.9 Å². The van der Waals surface area contributed by atoms with Gasteiger partial charge in [0.05, 0.1) is 22.9 Å². The van der Waals surface area contributed by atoms with Crippen molar-refractivity contribution in [3.63, 3.8) is 0 Å². The van der Waals surface area contributed by atoms with Crippen molar-refractivity contribution in [2.45, 2.75) is 64.0 Å². The lowest BCUT2D eigenvalue weighted by atomic mass is 9.95. The van der Waals surface area contributed by atoms with E-state index in [1.54, 1.807) is 36.8 Å². The lowest BCUT2D eigenvalue weighted by Gasteiger charge is -2.25. The van der Waals surface area contributed by atoms with Crippen LogP contribution in [0, 0.1) is 0 Å². The van der Waals surface area contributed by atoms with Gasteiger partial charge in [-0.25, -0.2) is 9.78 Å². The fraction of sp³-hybridized carbons (Fsp3) is 0.345. The monoisotopic (exact) mass is 485 g/mol. The molecule has 1 aliphatic carbocycles. The van der Waals surface area contributed by atoms with Gasteiger partial charge >= 0.3 is 5.97 Å². The standard InChI is InChI=1S/C29H31N3O4/c1-18(2)19-8-10-20(11-9-19)26(29(34)35)31-28(33)21-12-13-25-24(16-21)30-27(22-14-15-36-17-22)32(25)23-6-4-3-5-7-23/h8-18,23,26H,3-7H2,1-2H3,(H,31,33)(H,34,35). The highest BCUT2D eigenvalue weighted by Crippen LogP contribution is 2.36. The Balaban J connectivity index is 1.46. The molecule has 1 atom stereocenters. The minimum atomic E-state index is -1.14. The molecule has 1 aliphatic rings. The second kappa shape index (κ2) is 10.0. The van der Waals surface area contributed by atoms with Crippen LogP contribution in [0.15, 0.2) is 65.5 Å². The van der Waals surface area contributed by atoms with Crippen molar-refractivity contribution in [3.05, 3.63) is 77.7 Å². The van der Waals surface area contributed by atoms with E-state index >= 15 is 0 Å². The summed E-state index contributed by atoms with van der Waals surface area (Å²) in [7, 11) is 0. The Bertz CT molecular complexity index is 1360. The molecule has 4 aromatic rings. The molecular weight excluding hydrogens is 454 g/mol. The van der Waals surface area contributed by atoms with Crippen molar-refractivity contribution in [2.24, 2.45) is 0 Å². The van der Waals surface area contributed by atoms with E-state index in [2.05, 4.69) is 23.7 Å². The lowest BCUT2D eigenvalue weighted by Crippen LogP contribution is -2.33. The number of nitrogens with zero attached hydrogens (tertiary/aromatic N) is 2. The summed E-state index contributed by atoms with van der Waals surface area (Å²) in [4.78, 5) is 30.0. The first-order chi connectivity index (χ1) is 17.4. The Hall–Kier alpha value is -3.87. The molecular formula is C29H31N3O4. The first kappa shape index (κ1) is 23.9. The molecule has 7 nitrogen and oxygen atoms in total. The first-order valence-corrected chi connectivity index (χ1v) is 12.6. The van der Waals surface area contributed by atoms with E-state index in [1.807, 2.05) is 24.3 Å². The van der Waals surface area contributed by atoms with Crippen LogP contribution in [-0.4, -0.2) is 26.5 Å². The van der Waals surface area contributed by atoms with Crippen LogP contribution < -0.4 is 5.32 Å². The summed E-state index contributed by atoms with van der Waals surface area (Å²) in [6, 6.07) is 13.9. The quantitative estimate of drug-likeness (QED) is 0.312. The van der Waals surface area contributed by atoms with Gasteiger partial charge in [0.2, 0.25) is 0 Å². The van der Waals surface area contributed by atoms with Crippen LogP contribution in [-0.2, 0) is 4.79 Å². The summed E-state index contributed by atoms with van der Waals surface area (Å²) in [5, 5.41) is 12.5. The molecule has 0 saturated heterocycles. The number of carboxylic acids is 1. The van der Waals surface area contributed by atoms with Gasteiger partial charge in [0, 0.05) is 11.6 Å². The number of imidazole rings is 1. The van der Waals surface area contributed by atoms with E-state index in [4.69, 9.17) is 9.40 Å². The minimum absolute atomic E-state index is 0.337. The predicted molar refractivity (Wildman–Crippen MR) is 138 cm³/mol. The zero-order chi connectivity index (χ0) is 25.2. The molecule has 186 valence electrons. The van der Waals surface area contributed by atoms with Crippen LogP contribution in [0.1, 0.15) is 85.4 Å². The number of carbonyl (C=O) groups is 2. The molecule has 2 heterocycles. The van der Waals surface area contributed by atoms with Gasteiger partial charge in [-0.1, -0.05) is 57.4 Å². The summed E-state index contributed by atoms with van der Waals surface area (Å²) in [5.74, 6) is -0.388. The van der Waals surface area contributed by atoms with Crippen LogP contribution in [0.25, 0.3) is 22.4 Å².